The molecule has 0 unspecified atom stereocenters. The van der Waals surface area contributed by atoms with Crippen LogP contribution in [0.25, 0.3) is 0 Å². The Balaban J connectivity index is 1.55. The van der Waals surface area contributed by atoms with E-state index in [0.717, 1.165) is 0 Å². The van der Waals surface area contributed by atoms with E-state index in [1.807, 2.05) is 0 Å². The number of nitrogens with zero attached hydrogens (tertiary/aromatic N) is 4. The number of guanidine groups is 2. The fraction of sp³-hybridized carbons (Fsp3) is 0.273. The van der Waals surface area contributed by atoms with Crippen LogP contribution in [0.1, 0.15) is 0 Å². The second-order valence-electron chi connectivity index (χ2n) is 7.81. The van der Waals surface area contributed by atoms with E-state index in [0.29, 0.717) is 36.1 Å². The zero-order chi connectivity index (χ0) is 24.5. The molecule has 0 bridgehead atoms. The summed E-state index contributed by atoms with van der Waals surface area (Å²) in [5.74, 6) is 0.0874. The largest absolute Gasteiger partial charge is 0.521 e. The van der Waals surface area contributed by atoms with Crippen molar-refractivity contribution in [3.8, 4) is 17.2 Å². The summed E-state index contributed by atoms with van der Waals surface area (Å²) in [6.07, 6.45) is -3.91. The van der Waals surface area contributed by atoms with Crippen LogP contribution in [-0.2, 0) is 4.79 Å². The van der Waals surface area contributed by atoms with Gasteiger partial charge in [-0.1, -0.05) is 0 Å². The van der Waals surface area contributed by atoms with Crippen molar-refractivity contribution in [1.29, 1.82) is 0 Å². The lowest BCUT2D eigenvalue weighted by atomic mass is 10.1. The molecule has 10 nitrogen and oxygen atoms in total. The average molecular weight is 473 g/mol. The number of quaternary nitrogens is 1. The van der Waals surface area contributed by atoms with Crippen LogP contribution in [0.4, 0.5) is 25.8 Å². The van der Waals surface area contributed by atoms with Gasteiger partial charge in [-0.15, -0.1) is 0 Å². The Labute approximate surface area is 194 Å². The number of aliphatic imine (C=N–C) groups is 3. The summed E-state index contributed by atoms with van der Waals surface area (Å²) in [5.41, 5.74) is 1.37. The van der Waals surface area contributed by atoms with Crippen molar-refractivity contribution in [2.75, 3.05) is 45.0 Å². The molecule has 1 amide bonds. The van der Waals surface area contributed by atoms with Gasteiger partial charge >= 0.3 is 12.0 Å². The maximum atomic E-state index is 13.9. The maximum Gasteiger partial charge on any atom is 0.521 e. The van der Waals surface area contributed by atoms with Crippen molar-refractivity contribution in [1.82, 2.24) is 4.48 Å². The second kappa shape index (κ2) is 8.71. The quantitative estimate of drug-likeness (QED) is 0.395. The normalized spacial score (nSPS) is 18.4. The summed E-state index contributed by atoms with van der Waals surface area (Å²) >= 11 is 0. The molecule has 0 spiro atoms. The first-order chi connectivity index (χ1) is 16.1. The number of nitrogens with one attached hydrogen (secondary N) is 2. The monoisotopic (exact) mass is 473 g/mol. The molecule has 0 saturated heterocycles. The summed E-state index contributed by atoms with van der Waals surface area (Å²) in [4.78, 5) is 24.5. The topological polar surface area (TPSA) is 106 Å². The number of fused-ring (bicyclic) bond motifs is 2. The summed E-state index contributed by atoms with van der Waals surface area (Å²) in [6, 6.07) is 9.70. The number of anilines is 2. The van der Waals surface area contributed by atoms with Gasteiger partial charge in [0, 0.05) is 30.6 Å². The van der Waals surface area contributed by atoms with Crippen molar-refractivity contribution >= 4 is 41.6 Å². The number of ether oxygens (including phenoxy) is 3. The molecule has 0 saturated carbocycles. The molecule has 34 heavy (non-hydrogen) atoms. The molecule has 2 aliphatic rings. The number of hydrogen-bond acceptors (Lipinski definition) is 5. The van der Waals surface area contributed by atoms with Crippen LogP contribution in [0, 0.1) is 0 Å². The Hall–Kier alpha value is -4.06. The standard InChI is InChI=1S/C22H23F2N6O4/c1-25-20(29-21(26-2)28-14-6-8-17-18(12-14)33-10-9-32-17)27-13-5-7-16-15(11-13)30(3,4)19(31)22(23,24)34-16/h5-8,11-12H,2,9-10H2,1,3-4H3,(H2,25,27,28,29)/q+1. The van der Waals surface area contributed by atoms with E-state index < -0.39 is 16.5 Å². The smallest absolute Gasteiger partial charge is 0.486 e. The first-order valence-electron chi connectivity index (χ1n) is 10.2. The molecule has 12 heteroatoms. The third kappa shape index (κ3) is 4.39. The zero-order valence-electron chi connectivity index (χ0n) is 18.8. The number of rotatable bonds is 2. The summed E-state index contributed by atoms with van der Waals surface area (Å²) in [6.45, 7) is 4.47. The highest BCUT2D eigenvalue weighted by atomic mass is 19.3. The molecule has 0 atom stereocenters. The Kier molecular flexibility index (Phi) is 5.92. The van der Waals surface area contributed by atoms with Crippen molar-refractivity contribution in [3.63, 3.8) is 0 Å². The molecule has 0 fully saturated rings. The van der Waals surface area contributed by atoms with Crippen molar-refractivity contribution < 1.29 is 27.8 Å². The van der Waals surface area contributed by atoms with Crippen molar-refractivity contribution in [2.24, 2.45) is 15.0 Å². The molecule has 2 aromatic carbocycles. The lowest BCUT2D eigenvalue weighted by molar-refractivity contribution is -0.205. The molecular weight excluding hydrogens is 450 g/mol. The number of likely N-dealkylation sites (N-methyl/N-ethyl adjacent to an activating group) is 1. The van der Waals surface area contributed by atoms with Crippen molar-refractivity contribution in [3.05, 3.63) is 36.4 Å². The van der Waals surface area contributed by atoms with E-state index >= 15 is 0 Å². The van der Waals surface area contributed by atoms with E-state index in [4.69, 9.17) is 9.47 Å². The lowest BCUT2D eigenvalue weighted by Crippen LogP contribution is -2.60. The van der Waals surface area contributed by atoms with Gasteiger partial charge in [0.2, 0.25) is 11.9 Å². The number of alkyl halides is 2. The number of amides is 1. The molecule has 0 radical (unpaired) electrons. The highest BCUT2D eigenvalue weighted by molar-refractivity contribution is 6.08. The van der Waals surface area contributed by atoms with Gasteiger partial charge in [-0.3, -0.25) is 4.99 Å². The highest BCUT2D eigenvalue weighted by Gasteiger charge is 2.59. The van der Waals surface area contributed by atoms with Gasteiger partial charge < -0.3 is 24.8 Å². The molecule has 178 valence electrons. The Morgan fingerprint density at radius 1 is 1.00 bits per heavy atom. The molecule has 2 aromatic rings. The minimum Gasteiger partial charge on any atom is -0.486 e. The molecule has 2 heterocycles. The summed E-state index contributed by atoms with van der Waals surface area (Å²) in [5, 5.41) is 6.00. The third-order valence-electron chi connectivity index (χ3n) is 5.18. The fourth-order valence-electron chi connectivity index (χ4n) is 3.45. The van der Waals surface area contributed by atoms with Gasteiger partial charge in [-0.2, -0.15) is 13.8 Å². The maximum absolute atomic E-state index is 13.9. The predicted molar refractivity (Wildman–Crippen MR) is 126 cm³/mol. The number of benzene rings is 2. The average Bonchev–Trinajstić information content (AvgIpc) is 2.82. The minimum atomic E-state index is -3.91. The van der Waals surface area contributed by atoms with E-state index in [9.17, 15) is 13.6 Å². The lowest BCUT2D eigenvalue weighted by Gasteiger charge is -2.35. The van der Waals surface area contributed by atoms with Crippen LogP contribution < -0.4 is 29.3 Å². The zero-order valence-corrected chi connectivity index (χ0v) is 18.8. The van der Waals surface area contributed by atoms with E-state index in [-0.39, 0.29) is 23.4 Å². The van der Waals surface area contributed by atoms with Crippen LogP contribution in [0.5, 0.6) is 17.2 Å². The first kappa shape index (κ1) is 23.1. The predicted octanol–water partition coefficient (Wildman–Crippen LogP) is 3.10. The van der Waals surface area contributed by atoms with Gasteiger partial charge in [0.1, 0.15) is 13.2 Å². The number of hydrogen-bond donors (Lipinski definition) is 2. The van der Waals surface area contributed by atoms with Crippen LogP contribution in [-0.4, -0.2) is 65.0 Å². The van der Waals surface area contributed by atoms with E-state index in [1.165, 1.54) is 39.3 Å². The highest BCUT2D eigenvalue weighted by Crippen LogP contribution is 2.43. The third-order valence-corrected chi connectivity index (χ3v) is 5.18. The Morgan fingerprint density at radius 3 is 2.29 bits per heavy atom. The van der Waals surface area contributed by atoms with Gasteiger partial charge in [-0.05, 0) is 31.0 Å². The van der Waals surface area contributed by atoms with Gasteiger partial charge in [-0.25, -0.2) is 14.3 Å². The minimum absolute atomic E-state index is 0.0904. The number of carbonyl (C=O) groups excluding carboxylic acids is 1. The van der Waals surface area contributed by atoms with Crippen LogP contribution in [0.3, 0.4) is 0 Å². The second-order valence-corrected chi connectivity index (χ2v) is 7.81. The summed E-state index contributed by atoms with van der Waals surface area (Å²) < 4.78 is 42.8. The van der Waals surface area contributed by atoms with Gasteiger partial charge in [0.05, 0.1) is 14.1 Å². The van der Waals surface area contributed by atoms with E-state index in [2.05, 4.69) is 37.1 Å². The molecule has 4 rings (SSSR count). The molecule has 0 aliphatic carbocycles. The number of carbonyl (C=O) groups is 1. The fourth-order valence-corrected chi connectivity index (χ4v) is 3.45. The molecular formula is C22H23F2N6O4+. The SMILES string of the molecule is C=NC(=NC(=NC)Nc1ccc2c(c1)[N+](C)(C)C(=O)C(F)(F)O2)Nc1ccc2c(c1)OCCO2. The molecule has 0 aromatic heterocycles. The van der Waals surface area contributed by atoms with Gasteiger partial charge in [0.15, 0.2) is 22.9 Å². The van der Waals surface area contributed by atoms with E-state index in [1.54, 1.807) is 18.2 Å². The molecule has 2 aliphatic heterocycles. The van der Waals surface area contributed by atoms with Crippen molar-refractivity contribution in [2.45, 2.75) is 6.11 Å². The number of halogens is 2. The van der Waals surface area contributed by atoms with Crippen LogP contribution in [0.15, 0.2) is 51.4 Å². The first-order valence-corrected chi connectivity index (χ1v) is 10.2. The van der Waals surface area contributed by atoms with Gasteiger partial charge in [0.25, 0.3) is 0 Å². The Bertz CT molecular complexity index is 1210. The van der Waals surface area contributed by atoms with Crippen LogP contribution >= 0.6 is 0 Å². The molecule has 2 N–H and O–H groups in total. The van der Waals surface area contributed by atoms with Crippen LogP contribution in [0.2, 0.25) is 0 Å². The summed E-state index contributed by atoms with van der Waals surface area (Å²) in [7, 11) is 4.25. The Morgan fingerprint density at radius 2 is 1.62 bits per heavy atom.